The standard InChI is InChI=1S/C21H30O3/c1-13-8-9-16-10-17-18(19(23)24)14(12-22)11-21(13,17)20(16,2)15-6-4-3-5-7-15/h12-16H,3-11H2,1-2H3,(H,23,24). The Bertz CT molecular complexity index is 600. The molecule has 3 saturated carbocycles. The van der Waals surface area contributed by atoms with Crippen LogP contribution in [0.2, 0.25) is 0 Å². The van der Waals surface area contributed by atoms with E-state index >= 15 is 0 Å². The van der Waals surface area contributed by atoms with Gasteiger partial charge in [0, 0.05) is 16.9 Å². The van der Waals surface area contributed by atoms with E-state index in [0.29, 0.717) is 23.3 Å². The first-order chi connectivity index (χ1) is 11.5. The number of hydrogen-bond acceptors (Lipinski definition) is 2. The third kappa shape index (κ3) is 1.79. The molecule has 132 valence electrons. The lowest BCUT2D eigenvalue weighted by molar-refractivity contribution is -0.134. The fourth-order valence-corrected chi connectivity index (χ4v) is 7.63. The van der Waals surface area contributed by atoms with E-state index in [0.717, 1.165) is 19.1 Å². The van der Waals surface area contributed by atoms with Gasteiger partial charge in [0.25, 0.3) is 0 Å². The normalized spacial score (nSPS) is 45.3. The summed E-state index contributed by atoms with van der Waals surface area (Å²) in [4.78, 5) is 23.7. The summed E-state index contributed by atoms with van der Waals surface area (Å²) in [5, 5.41) is 9.83. The van der Waals surface area contributed by atoms with E-state index in [9.17, 15) is 14.7 Å². The Kier molecular flexibility index (Phi) is 3.71. The Labute approximate surface area is 144 Å². The third-order valence-corrected chi connectivity index (χ3v) is 8.67. The van der Waals surface area contributed by atoms with E-state index in [1.54, 1.807) is 0 Å². The molecule has 4 aliphatic carbocycles. The molecule has 0 saturated heterocycles. The van der Waals surface area contributed by atoms with Crippen LogP contribution in [0, 0.1) is 34.5 Å². The molecule has 0 aromatic carbocycles. The molecule has 0 aliphatic heterocycles. The second kappa shape index (κ2) is 5.44. The van der Waals surface area contributed by atoms with Gasteiger partial charge in [-0.05, 0) is 61.7 Å². The van der Waals surface area contributed by atoms with Crippen LogP contribution in [0.3, 0.4) is 0 Å². The number of carboxylic acid groups (broad SMARTS) is 1. The van der Waals surface area contributed by atoms with Crippen LogP contribution in [0.1, 0.15) is 71.6 Å². The molecule has 5 unspecified atom stereocenters. The fourth-order valence-electron chi connectivity index (χ4n) is 7.63. The van der Waals surface area contributed by atoms with Crippen molar-refractivity contribution in [1.82, 2.24) is 0 Å². The summed E-state index contributed by atoms with van der Waals surface area (Å²) in [5.41, 5.74) is 1.81. The van der Waals surface area contributed by atoms with Gasteiger partial charge in [-0.15, -0.1) is 0 Å². The molecule has 0 aromatic heterocycles. The van der Waals surface area contributed by atoms with Crippen molar-refractivity contribution in [3.8, 4) is 0 Å². The number of hydrogen-bond donors (Lipinski definition) is 1. The van der Waals surface area contributed by atoms with Crippen molar-refractivity contribution < 1.29 is 14.7 Å². The van der Waals surface area contributed by atoms with Gasteiger partial charge < -0.3 is 9.90 Å². The topological polar surface area (TPSA) is 54.4 Å². The lowest BCUT2D eigenvalue weighted by Gasteiger charge is -2.58. The molecular formula is C21H30O3. The van der Waals surface area contributed by atoms with Crippen LogP contribution in [-0.4, -0.2) is 17.4 Å². The van der Waals surface area contributed by atoms with Crippen molar-refractivity contribution in [3.05, 3.63) is 11.1 Å². The van der Waals surface area contributed by atoms with Crippen LogP contribution in [0.5, 0.6) is 0 Å². The van der Waals surface area contributed by atoms with Gasteiger partial charge in [0.05, 0.1) is 0 Å². The van der Waals surface area contributed by atoms with Crippen molar-refractivity contribution in [1.29, 1.82) is 0 Å². The minimum Gasteiger partial charge on any atom is -0.478 e. The number of carboxylic acids is 1. The number of aliphatic carboxylic acids is 1. The van der Waals surface area contributed by atoms with Crippen molar-refractivity contribution in [2.45, 2.75) is 71.6 Å². The molecule has 3 fully saturated rings. The smallest absolute Gasteiger partial charge is 0.332 e. The number of allylic oxidation sites excluding steroid dienone is 1. The van der Waals surface area contributed by atoms with Gasteiger partial charge in [-0.3, -0.25) is 0 Å². The lowest BCUT2D eigenvalue weighted by atomic mass is 9.46. The summed E-state index contributed by atoms with van der Waals surface area (Å²) < 4.78 is 0. The molecule has 3 nitrogen and oxygen atoms in total. The second-order valence-corrected chi connectivity index (χ2v) is 9.11. The first-order valence-electron chi connectivity index (χ1n) is 9.89. The van der Waals surface area contributed by atoms with Gasteiger partial charge in [0.2, 0.25) is 0 Å². The summed E-state index contributed by atoms with van der Waals surface area (Å²) in [6, 6.07) is 0. The zero-order valence-corrected chi connectivity index (χ0v) is 15.0. The largest absolute Gasteiger partial charge is 0.478 e. The predicted molar refractivity (Wildman–Crippen MR) is 92.5 cm³/mol. The molecule has 0 heterocycles. The quantitative estimate of drug-likeness (QED) is 0.769. The Balaban J connectivity index is 1.89. The van der Waals surface area contributed by atoms with Crippen LogP contribution in [0.25, 0.3) is 0 Å². The summed E-state index contributed by atoms with van der Waals surface area (Å²) >= 11 is 0. The van der Waals surface area contributed by atoms with Gasteiger partial charge >= 0.3 is 5.97 Å². The maximum absolute atomic E-state index is 12.0. The summed E-state index contributed by atoms with van der Waals surface area (Å²) in [6.45, 7) is 4.80. The van der Waals surface area contributed by atoms with Gasteiger partial charge in [0.1, 0.15) is 6.29 Å². The summed E-state index contributed by atoms with van der Waals surface area (Å²) in [6.07, 6.45) is 11.6. The Morgan fingerprint density at radius 1 is 1.12 bits per heavy atom. The highest BCUT2D eigenvalue weighted by molar-refractivity contribution is 5.94. The first-order valence-corrected chi connectivity index (χ1v) is 9.89. The van der Waals surface area contributed by atoms with Crippen LogP contribution in [0.15, 0.2) is 11.1 Å². The molecule has 24 heavy (non-hydrogen) atoms. The van der Waals surface area contributed by atoms with Crippen LogP contribution < -0.4 is 0 Å². The minimum absolute atomic E-state index is 0.0305. The molecule has 1 N–H and O–H groups in total. The Morgan fingerprint density at radius 2 is 1.83 bits per heavy atom. The highest BCUT2D eigenvalue weighted by Crippen LogP contribution is 2.76. The summed E-state index contributed by atoms with van der Waals surface area (Å²) in [7, 11) is 0. The zero-order valence-electron chi connectivity index (χ0n) is 15.0. The van der Waals surface area contributed by atoms with Crippen molar-refractivity contribution >= 4 is 12.3 Å². The third-order valence-electron chi connectivity index (χ3n) is 8.67. The molecule has 3 heteroatoms. The van der Waals surface area contributed by atoms with Gasteiger partial charge in [-0.1, -0.05) is 38.7 Å². The number of rotatable bonds is 3. The van der Waals surface area contributed by atoms with Crippen LogP contribution in [-0.2, 0) is 9.59 Å². The fraction of sp³-hybridized carbons (Fsp3) is 0.810. The van der Waals surface area contributed by atoms with Gasteiger partial charge in [-0.2, -0.15) is 0 Å². The van der Waals surface area contributed by atoms with Crippen LogP contribution >= 0.6 is 0 Å². The van der Waals surface area contributed by atoms with Crippen molar-refractivity contribution in [3.63, 3.8) is 0 Å². The highest BCUT2D eigenvalue weighted by atomic mass is 16.4. The monoisotopic (exact) mass is 330 g/mol. The maximum Gasteiger partial charge on any atom is 0.332 e. The molecule has 0 aromatic rings. The number of carbonyl (C=O) groups excluding carboxylic acids is 1. The predicted octanol–water partition coefficient (Wildman–Crippen LogP) is 4.61. The molecule has 4 aliphatic rings. The number of aldehydes is 1. The molecular weight excluding hydrogens is 300 g/mol. The first kappa shape index (κ1) is 16.4. The Hall–Kier alpha value is -1.12. The van der Waals surface area contributed by atoms with Crippen molar-refractivity contribution in [2.75, 3.05) is 0 Å². The van der Waals surface area contributed by atoms with Gasteiger partial charge in [0.15, 0.2) is 0 Å². The van der Waals surface area contributed by atoms with Crippen LogP contribution in [0.4, 0.5) is 0 Å². The van der Waals surface area contributed by atoms with E-state index in [2.05, 4.69) is 13.8 Å². The maximum atomic E-state index is 12.0. The Morgan fingerprint density at radius 3 is 2.46 bits per heavy atom. The van der Waals surface area contributed by atoms with E-state index in [1.165, 1.54) is 50.5 Å². The second-order valence-electron chi connectivity index (χ2n) is 9.11. The lowest BCUT2D eigenvalue weighted by Crippen LogP contribution is -2.52. The number of fused-ring (bicyclic) bond motifs is 1. The van der Waals surface area contributed by atoms with Gasteiger partial charge in [-0.25, -0.2) is 4.79 Å². The molecule has 2 bridgehead atoms. The van der Waals surface area contributed by atoms with E-state index in [-0.39, 0.29) is 16.7 Å². The molecule has 4 rings (SSSR count). The van der Waals surface area contributed by atoms with Crippen molar-refractivity contribution in [2.24, 2.45) is 34.5 Å². The molecule has 5 atom stereocenters. The average molecular weight is 330 g/mol. The van der Waals surface area contributed by atoms with E-state index in [4.69, 9.17) is 0 Å². The van der Waals surface area contributed by atoms with E-state index < -0.39 is 5.97 Å². The molecule has 1 spiro atoms. The SMILES string of the molecule is CC1CCC2CC3=C(C(=O)O)C(C=O)CC31C2(C)C1CCCCC1. The highest BCUT2D eigenvalue weighted by Gasteiger charge is 2.69. The summed E-state index contributed by atoms with van der Waals surface area (Å²) in [5.74, 6) is 0.592. The molecule has 0 radical (unpaired) electrons. The average Bonchev–Trinajstić information content (AvgIpc) is 2.98. The van der Waals surface area contributed by atoms with E-state index in [1.807, 2.05) is 0 Å². The number of carbonyl (C=O) groups is 2. The molecule has 0 amide bonds. The zero-order chi connectivity index (χ0) is 17.1. The minimum atomic E-state index is -0.843.